The fourth-order valence-corrected chi connectivity index (χ4v) is 2.35. The van der Waals surface area contributed by atoms with Crippen molar-refractivity contribution in [1.82, 2.24) is 9.97 Å². The number of nitrogens with one attached hydrogen (secondary N) is 1. The standard InChI is InChI=1S/C13H20N2O3/c1-2-7-18-8-6-11-14-10-5-3-4-9(13(16)17)12(10)15-11/h9H,2-8H2,1H3,(H,14,15)(H,16,17). The van der Waals surface area contributed by atoms with Gasteiger partial charge >= 0.3 is 5.97 Å². The monoisotopic (exact) mass is 252 g/mol. The number of ether oxygens (including phenoxy) is 1. The number of nitrogens with zero attached hydrogens (tertiary/aromatic N) is 1. The molecule has 100 valence electrons. The summed E-state index contributed by atoms with van der Waals surface area (Å²) in [4.78, 5) is 18.8. The van der Waals surface area contributed by atoms with Crippen LogP contribution in [0.15, 0.2) is 0 Å². The van der Waals surface area contributed by atoms with Crippen LogP contribution in [-0.4, -0.2) is 34.3 Å². The molecule has 0 amide bonds. The van der Waals surface area contributed by atoms with E-state index < -0.39 is 11.9 Å². The van der Waals surface area contributed by atoms with Gasteiger partial charge in [-0.3, -0.25) is 4.79 Å². The maximum Gasteiger partial charge on any atom is 0.312 e. The highest BCUT2D eigenvalue weighted by Crippen LogP contribution is 2.30. The smallest absolute Gasteiger partial charge is 0.312 e. The van der Waals surface area contributed by atoms with Gasteiger partial charge in [0.05, 0.1) is 12.3 Å². The second-order valence-corrected chi connectivity index (χ2v) is 4.69. The van der Waals surface area contributed by atoms with E-state index in [0.29, 0.717) is 13.0 Å². The number of imidazole rings is 1. The molecule has 5 heteroatoms. The maximum absolute atomic E-state index is 11.1. The van der Waals surface area contributed by atoms with Gasteiger partial charge < -0.3 is 14.8 Å². The molecule has 0 aliphatic heterocycles. The average Bonchev–Trinajstić information content (AvgIpc) is 2.76. The first kappa shape index (κ1) is 13.1. The van der Waals surface area contributed by atoms with Crippen LogP contribution in [0.4, 0.5) is 0 Å². The van der Waals surface area contributed by atoms with Crippen LogP contribution in [0, 0.1) is 0 Å². The summed E-state index contributed by atoms with van der Waals surface area (Å²) in [5.41, 5.74) is 1.73. The summed E-state index contributed by atoms with van der Waals surface area (Å²) in [5, 5.41) is 9.16. The van der Waals surface area contributed by atoms with E-state index >= 15 is 0 Å². The van der Waals surface area contributed by atoms with Crippen LogP contribution >= 0.6 is 0 Å². The van der Waals surface area contributed by atoms with Gasteiger partial charge in [-0.25, -0.2) is 4.98 Å². The Kier molecular flexibility index (Phi) is 4.36. The molecule has 1 heterocycles. The predicted molar refractivity (Wildman–Crippen MR) is 66.7 cm³/mol. The van der Waals surface area contributed by atoms with Gasteiger partial charge in [0, 0.05) is 18.7 Å². The lowest BCUT2D eigenvalue weighted by Gasteiger charge is -2.16. The van der Waals surface area contributed by atoms with Gasteiger partial charge in [-0.1, -0.05) is 6.92 Å². The van der Waals surface area contributed by atoms with E-state index in [2.05, 4.69) is 16.9 Å². The molecular formula is C13H20N2O3. The van der Waals surface area contributed by atoms with Gasteiger partial charge in [0.15, 0.2) is 0 Å². The normalized spacial score (nSPS) is 18.6. The van der Waals surface area contributed by atoms with Crippen LogP contribution in [0.2, 0.25) is 0 Å². The molecule has 0 bridgehead atoms. The Labute approximate surface area is 107 Å². The molecule has 2 N–H and O–H groups in total. The van der Waals surface area contributed by atoms with Crippen LogP contribution in [0.5, 0.6) is 0 Å². The highest BCUT2D eigenvalue weighted by molar-refractivity contribution is 5.76. The molecule has 1 aromatic rings. The molecule has 0 saturated carbocycles. The van der Waals surface area contributed by atoms with Gasteiger partial charge in [0.2, 0.25) is 0 Å². The SMILES string of the molecule is CCCOCCc1nc2c([nH]1)CCCC2C(=O)O. The summed E-state index contributed by atoms with van der Waals surface area (Å²) in [6.07, 6.45) is 4.24. The maximum atomic E-state index is 11.1. The van der Waals surface area contributed by atoms with E-state index in [9.17, 15) is 4.79 Å². The lowest BCUT2D eigenvalue weighted by atomic mass is 9.90. The van der Waals surface area contributed by atoms with E-state index in [1.54, 1.807) is 0 Å². The van der Waals surface area contributed by atoms with Crippen LogP contribution < -0.4 is 0 Å². The second kappa shape index (κ2) is 6.00. The van der Waals surface area contributed by atoms with Gasteiger partial charge in [-0.15, -0.1) is 0 Å². The van der Waals surface area contributed by atoms with E-state index in [1.807, 2.05) is 0 Å². The number of aryl methyl sites for hydroxylation is 1. The first-order chi connectivity index (χ1) is 8.72. The Morgan fingerprint density at radius 2 is 2.39 bits per heavy atom. The molecule has 2 rings (SSSR count). The van der Waals surface area contributed by atoms with Crippen molar-refractivity contribution >= 4 is 5.97 Å². The van der Waals surface area contributed by atoms with Crippen molar-refractivity contribution in [2.45, 2.75) is 44.9 Å². The minimum absolute atomic E-state index is 0.435. The molecule has 1 aliphatic carbocycles. The third-order valence-electron chi connectivity index (χ3n) is 3.24. The average molecular weight is 252 g/mol. The van der Waals surface area contributed by atoms with Gasteiger partial charge in [0.1, 0.15) is 11.7 Å². The van der Waals surface area contributed by atoms with Crippen molar-refractivity contribution in [1.29, 1.82) is 0 Å². The Hall–Kier alpha value is -1.36. The van der Waals surface area contributed by atoms with Crippen LogP contribution in [0.3, 0.4) is 0 Å². The van der Waals surface area contributed by atoms with Crippen LogP contribution in [0.25, 0.3) is 0 Å². The summed E-state index contributed by atoms with van der Waals surface area (Å²) >= 11 is 0. The van der Waals surface area contributed by atoms with Crippen LogP contribution in [0.1, 0.15) is 49.3 Å². The Morgan fingerprint density at radius 3 is 3.11 bits per heavy atom. The second-order valence-electron chi connectivity index (χ2n) is 4.69. The number of carbonyl (C=O) groups is 1. The fourth-order valence-electron chi connectivity index (χ4n) is 2.35. The molecule has 0 spiro atoms. The van der Waals surface area contributed by atoms with Crippen LogP contribution in [-0.2, 0) is 22.4 Å². The van der Waals surface area contributed by atoms with E-state index in [1.165, 1.54) is 0 Å². The lowest BCUT2D eigenvalue weighted by molar-refractivity contribution is -0.139. The van der Waals surface area contributed by atoms with E-state index in [0.717, 1.165) is 49.5 Å². The fraction of sp³-hybridized carbons (Fsp3) is 0.692. The summed E-state index contributed by atoms with van der Waals surface area (Å²) in [6.45, 7) is 3.47. The molecule has 0 fully saturated rings. The first-order valence-electron chi connectivity index (χ1n) is 6.60. The van der Waals surface area contributed by atoms with Crippen molar-refractivity contribution in [2.75, 3.05) is 13.2 Å². The highest BCUT2D eigenvalue weighted by Gasteiger charge is 2.29. The van der Waals surface area contributed by atoms with Crippen molar-refractivity contribution in [3.05, 3.63) is 17.2 Å². The molecule has 0 radical (unpaired) electrons. The van der Waals surface area contributed by atoms with Gasteiger partial charge in [-0.2, -0.15) is 0 Å². The predicted octanol–water partition coefficient (Wildman–Crippen LogP) is 1.88. The number of carboxylic acid groups (broad SMARTS) is 1. The zero-order chi connectivity index (χ0) is 13.0. The number of aromatic nitrogens is 2. The quantitative estimate of drug-likeness (QED) is 0.758. The number of hydrogen-bond acceptors (Lipinski definition) is 3. The number of carboxylic acids is 1. The molecule has 1 atom stereocenters. The minimum atomic E-state index is -0.767. The molecule has 1 unspecified atom stereocenters. The molecule has 5 nitrogen and oxygen atoms in total. The number of aromatic amines is 1. The third kappa shape index (κ3) is 2.90. The first-order valence-corrected chi connectivity index (χ1v) is 6.60. The third-order valence-corrected chi connectivity index (χ3v) is 3.24. The number of fused-ring (bicyclic) bond motifs is 1. The largest absolute Gasteiger partial charge is 0.481 e. The summed E-state index contributed by atoms with van der Waals surface area (Å²) in [6, 6.07) is 0. The Balaban J connectivity index is 2.00. The number of aliphatic carboxylic acids is 1. The van der Waals surface area contributed by atoms with Gasteiger partial charge in [-0.05, 0) is 25.7 Å². The van der Waals surface area contributed by atoms with Crippen molar-refractivity contribution < 1.29 is 14.6 Å². The van der Waals surface area contributed by atoms with E-state index in [4.69, 9.17) is 9.84 Å². The summed E-state index contributed by atoms with van der Waals surface area (Å²) in [7, 11) is 0. The summed E-state index contributed by atoms with van der Waals surface area (Å²) in [5.74, 6) is -0.351. The number of rotatable bonds is 6. The Bertz CT molecular complexity index is 414. The summed E-state index contributed by atoms with van der Waals surface area (Å²) < 4.78 is 5.42. The van der Waals surface area contributed by atoms with Crippen molar-refractivity contribution in [3.8, 4) is 0 Å². The zero-order valence-corrected chi connectivity index (χ0v) is 10.7. The molecule has 1 aliphatic rings. The molecule has 18 heavy (non-hydrogen) atoms. The number of H-pyrrole nitrogens is 1. The van der Waals surface area contributed by atoms with Crippen molar-refractivity contribution in [2.24, 2.45) is 0 Å². The number of hydrogen-bond donors (Lipinski definition) is 2. The molecular weight excluding hydrogens is 232 g/mol. The minimum Gasteiger partial charge on any atom is -0.481 e. The zero-order valence-electron chi connectivity index (χ0n) is 10.7. The molecule has 1 aromatic heterocycles. The molecule has 0 saturated heterocycles. The topological polar surface area (TPSA) is 75.2 Å². The highest BCUT2D eigenvalue weighted by atomic mass is 16.5. The molecule has 0 aromatic carbocycles. The lowest BCUT2D eigenvalue weighted by Crippen LogP contribution is -2.17. The Morgan fingerprint density at radius 1 is 1.56 bits per heavy atom. The van der Waals surface area contributed by atoms with Gasteiger partial charge in [0.25, 0.3) is 0 Å². The van der Waals surface area contributed by atoms with E-state index in [-0.39, 0.29) is 0 Å². The van der Waals surface area contributed by atoms with Crippen molar-refractivity contribution in [3.63, 3.8) is 0 Å².